The predicted molar refractivity (Wildman–Crippen MR) is 157 cm³/mol. The van der Waals surface area contributed by atoms with Crippen LogP contribution in [0.5, 0.6) is 0 Å². The summed E-state index contributed by atoms with van der Waals surface area (Å²) in [7, 11) is -13.7. The third-order valence-corrected chi connectivity index (χ3v) is 8.78. The Morgan fingerprint density at radius 3 is 1.72 bits per heavy atom. The fourth-order valence-electron chi connectivity index (χ4n) is 4.24. The van der Waals surface area contributed by atoms with E-state index in [9.17, 15) is 38.9 Å². The molecule has 5 aromatic rings. The summed E-state index contributed by atoms with van der Waals surface area (Å²) in [5.41, 5.74) is 6.68. The van der Waals surface area contributed by atoms with Crippen LogP contribution in [-0.4, -0.2) is 38.9 Å². The Kier molecular flexibility index (Phi) is 7.55. The Balaban J connectivity index is 1.64. The van der Waals surface area contributed by atoms with E-state index < -0.39 is 40.1 Å². The van der Waals surface area contributed by atoms with E-state index in [1.807, 2.05) is 0 Å². The van der Waals surface area contributed by atoms with Crippen LogP contribution in [0.25, 0.3) is 21.5 Å². The molecule has 0 amide bonds. The van der Waals surface area contributed by atoms with Gasteiger partial charge in [-0.15, -0.1) is 15.3 Å². The van der Waals surface area contributed by atoms with Crippen molar-refractivity contribution in [1.82, 2.24) is 0 Å². The number of nitrogens with zero attached hydrogens (tertiary/aromatic N) is 4. The standard InChI is InChI=1S/C26H19N5O9S3/c27-21-9-10-23(19-5-2-6-25(26(19)21)43(38,39)40)30-31-24-12-11-22(18-8-7-17(14-20(18)24)42(35,36)37)29-28-15-3-1-4-16(13-15)41(32,33)34/h1-14H,27H2,(H,32,33,34)(H,35,36,37)(H,38,39,40). The molecule has 5 N–H and O–H groups in total. The second-order valence-electron chi connectivity index (χ2n) is 8.99. The normalized spacial score (nSPS) is 13.0. The molecular weight excluding hydrogens is 623 g/mol. The smallest absolute Gasteiger partial charge is 0.295 e. The topological polar surface area (TPSA) is 239 Å². The Hall–Kier alpha value is -4.65. The lowest BCUT2D eigenvalue weighted by Gasteiger charge is -2.09. The van der Waals surface area contributed by atoms with Gasteiger partial charge in [-0.25, -0.2) is 0 Å². The van der Waals surface area contributed by atoms with Crippen molar-refractivity contribution < 1.29 is 38.9 Å². The Morgan fingerprint density at radius 2 is 1.07 bits per heavy atom. The molecule has 43 heavy (non-hydrogen) atoms. The van der Waals surface area contributed by atoms with Gasteiger partial charge in [-0.3, -0.25) is 13.7 Å². The molecule has 0 saturated heterocycles. The highest BCUT2D eigenvalue weighted by Crippen LogP contribution is 2.39. The van der Waals surface area contributed by atoms with Crippen molar-refractivity contribution in [2.75, 3.05) is 5.73 Å². The van der Waals surface area contributed by atoms with Gasteiger partial charge >= 0.3 is 0 Å². The lowest BCUT2D eigenvalue weighted by Crippen LogP contribution is -2.01. The largest absolute Gasteiger partial charge is 0.398 e. The van der Waals surface area contributed by atoms with Crippen molar-refractivity contribution in [1.29, 1.82) is 0 Å². The number of hydrogen-bond acceptors (Lipinski definition) is 11. The van der Waals surface area contributed by atoms with E-state index in [1.54, 1.807) is 0 Å². The summed E-state index contributed by atoms with van der Waals surface area (Å²) >= 11 is 0. The summed E-state index contributed by atoms with van der Waals surface area (Å²) < 4.78 is 99.0. The van der Waals surface area contributed by atoms with Gasteiger partial charge in [0.05, 0.1) is 32.5 Å². The highest BCUT2D eigenvalue weighted by molar-refractivity contribution is 7.86. The van der Waals surface area contributed by atoms with E-state index in [0.29, 0.717) is 5.39 Å². The molecule has 0 aliphatic heterocycles. The van der Waals surface area contributed by atoms with Gasteiger partial charge in [-0.2, -0.15) is 30.4 Å². The van der Waals surface area contributed by atoms with Gasteiger partial charge in [0.25, 0.3) is 30.4 Å². The Bertz CT molecular complexity index is 2340. The minimum atomic E-state index is -4.62. The molecule has 220 valence electrons. The van der Waals surface area contributed by atoms with E-state index in [1.165, 1.54) is 66.7 Å². The molecule has 0 heterocycles. The first kappa shape index (κ1) is 29.8. The molecule has 0 saturated carbocycles. The van der Waals surface area contributed by atoms with Crippen molar-refractivity contribution >= 4 is 80.3 Å². The zero-order chi connectivity index (χ0) is 31.2. The van der Waals surface area contributed by atoms with Gasteiger partial charge in [0.2, 0.25) is 0 Å². The second-order valence-corrected chi connectivity index (χ2v) is 13.2. The molecule has 5 aromatic carbocycles. The fraction of sp³-hybridized carbons (Fsp3) is 0. The van der Waals surface area contributed by atoms with Crippen molar-refractivity contribution in [2.45, 2.75) is 14.7 Å². The quantitative estimate of drug-likeness (QED) is 0.0898. The molecule has 0 bridgehead atoms. The van der Waals surface area contributed by atoms with Gasteiger partial charge in [-0.1, -0.05) is 24.3 Å². The minimum Gasteiger partial charge on any atom is -0.398 e. The SMILES string of the molecule is Nc1ccc(N=Nc2ccc(N=Nc3cccc(S(=O)(=O)O)c3)c3ccc(S(=O)(=O)O)cc23)c2cccc(S(=O)(=O)O)c12. The number of nitrogen functional groups attached to an aromatic ring is 1. The van der Waals surface area contributed by atoms with E-state index in [0.717, 1.165) is 18.2 Å². The maximum absolute atomic E-state index is 11.9. The molecule has 0 unspecified atom stereocenters. The van der Waals surface area contributed by atoms with Crippen molar-refractivity contribution in [2.24, 2.45) is 20.5 Å². The number of anilines is 1. The van der Waals surface area contributed by atoms with Crippen LogP contribution in [0.2, 0.25) is 0 Å². The molecule has 0 fully saturated rings. The van der Waals surface area contributed by atoms with Crippen LogP contribution in [0.3, 0.4) is 0 Å². The van der Waals surface area contributed by atoms with Gasteiger partial charge in [0, 0.05) is 27.2 Å². The third-order valence-electron chi connectivity index (χ3n) is 6.18. The number of fused-ring (bicyclic) bond motifs is 2. The second kappa shape index (κ2) is 10.9. The summed E-state index contributed by atoms with van der Waals surface area (Å²) in [5, 5.41) is 17.4. The van der Waals surface area contributed by atoms with Crippen LogP contribution in [0.4, 0.5) is 28.4 Å². The van der Waals surface area contributed by atoms with E-state index in [2.05, 4.69) is 20.5 Å². The molecule has 0 aliphatic carbocycles. The summed E-state index contributed by atoms with van der Waals surface area (Å²) in [4.78, 5) is -1.25. The monoisotopic (exact) mass is 641 g/mol. The zero-order valence-electron chi connectivity index (χ0n) is 21.5. The van der Waals surface area contributed by atoms with Crippen molar-refractivity contribution in [3.63, 3.8) is 0 Å². The third kappa shape index (κ3) is 6.26. The van der Waals surface area contributed by atoms with E-state index in [-0.39, 0.29) is 49.5 Å². The van der Waals surface area contributed by atoms with Gasteiger partial charge < -0.3 is 5.73 Å². The maximum atomic E-state index is 11.9. The highest BCUT2D eigenvalue weighted by atomic mass is 32.2. The van der Waals surface area contributed by atoms with Crippen LogP contribution in [0, 0.1) is 0 Å². The lowest BCUT2D eigenvalue weighted by atomic mass is 10.1. The summed E-state index contributed by atoms with van der Waals surface area (Å²) in [6, 6.07) is 18.6. The number of benzene rings is 5. The molecule has 17 heteroatoms. The first-order valence-electron chi connectivity index (χ1n) is 11.9. The first-order valence-corrected chi connectivity index (χ1v) is 16.2. The van der Waals surface area contributed by atoms with E-state index in [4.69, 9.17) is 5.73 Å². The summed E-state index contributed by atoms with van der Waals surface area (Å²) in [5.74, 6) is 0. The van der Waals surface area contributed by atoms with Crippen LogP contribution >= 0.6 is 0 Å². The molecular formula is C26H19N5O9S3. The van der Waals surface area contributed by atoms with Gasteiger partial charge in [0.1, 0.15) is 4.90 Å². The number of hydrogen-bond donors (Lipinski definition) is 4. The molecule has 0 aromatic heterocycles. The van der Waals surface area contributed by atoms with E-state index >= 15 is 0 Å². The Morgan fingerprint density at radius 1 is 0.512 bits per heavy atom. The molecule has 0 spiro atoms. The number of nitrogens with two attached hydrogens (primary N) is 1. The highest BCUT2D eigenvalue weighted by Gasteiger charge is 2.18. The average Bonchev–Trinajstić information content (AvgIpc) is 2.94. The predicted octanol–water partition coefficient (Wildman–Crippen LogP) is 6.15. The fourth-order valence-corrected chi connectivity index (χ4v) is 6.01. The van der Waals surface area contributed by atoms with Crippen LogP contribution < -0.4 is 5.73 Å². The van der Waals surface area contributed by atoms with Crippen LogP contribution in [0.1, 0.15) is 0 Å². The van der Waals surface area contributed by atoms with Gasteiger partial charge in [0.15, 0.2) is 0 Å². The maximum Gasteiger partial charge on any atom is 0.295 e. The van der Waals surface area contributed by atoms with Crippen molar-refractivity contribution in [3.05, 3.63) is 84.9 Å². The molecule has 0 aliphatic rings. The van der Waals surface area contributed by atoms with Crippen LogP contribution in [0.15, 0.2) is 120 Å². The number of azo groups is 2. The molecule has 5 rings (SSSR count). The van der Waals surface area contributed by atoms with Crippen LogP contribution in [-0.2, 0) is 30.4 Å². The summed E-state index contributed by atoms with van der Waals surface area (Å²) in [6.07, 6.45) is 0. The van der Waals surface area contributed by atoms with Gasteiger partial charge in [-0.05, 0) is 60.7 Å². The lowest BCUT2D eigenvalue weighted by molar-refractivity contribution is 0.481. The Labute approximate surface area is 244 Å². The van der Waals surface area contributed by atoms with Crippen molar-refractivity contribution in [3.8, 4) is 0 Å². The molecule has 0 atom stereocenters. The minimum absolute atomic E-state index is 0.0359. The summed E-state index contributed by atoms with van der Waals surface area (Å²) in [6.45, 7) is 0. The molecule has 0 radical (unpaired) electrons. The average molecular weight is 642 g/mol. The first-order chi connectivity index (χ1) is 20.1. The molecule has 14 nitrogen and oxygen atoms in total. The zero-order valence-corrected chi connectivity index (χ0v) is 23.9. The number of rotatable bonds is 7.